The van der Waals surface area contributed by atoms with E-state index in [0.29, 0.717) is 17.1 Å². The number of hydrogen-bond acceptors (Lipinski definition) is 2. The van der Waals surface area contributed by atoms with Crippen LogP contribution in [0.25, 0.3) is 5.57 Å². The van der Waals surface area contributed by atoms with E-state index in [1.54, 1.807) is 0 Å². The second-order valence-electron chi connectivity index (χ2n) is 8.64. The largest absolute Gasteiger partial charge is 0.506 e. The Hall–Kier alpha value is -2.35. The molecule has 0 saturated carbocycles. The van der Waals surface area contributed by atoms with Crippen LogP contribution in [0.5, 0.6) is 0 Å². The van der Waals surface area contributed by atoms with Crippen LogP contribution < -0.4 is 0 Å². The number of Topliss-reactive ketones (excluding diaryl/α,β-unsaturated/α-hetero) is 1. The predicted molar refractivity (Wildman–Crippen MR) is 118 cm³/mol. The van der Waals surface area contributed by atoms with Crippen LogP contribution in [0.3, 0.4) is 0 Å². The summed E-state index contributed by atoms with van der Waals surface area (Å²) >= 11 is 0. The highest BCUT2D eigenvalue weighted by atomic mass is 16.3. The molecule has 0 unspecified atom stereocenters. The number of rotatable bonds is 1. The average molecular weight is 377 g/mol. The van der Waals surface area contributed by atoms with Crippen LogP contribution in [0.2, 0.25) is 0 Å². The molecular formula is C26H32O2. The average Bonchev–Trinajstić information content (AvgIpc) is 2.68. The maximum atomic E-state index is 13.3. The van der Waals surface area contributed by atoms with Gasteiger partial charge >= 0.3 is 0 Å². The van der Waals surface area contributed by atoms with Crippen molar-refractivity contribution in [2.45, 2.75) is 69.2 Å². The molecule has 0 amide bonds. The Kier molecular flexibility index (Phi) is 4.82. The second-order valence-corrected chi connectivity index (χ2v) is 8.64. The topological polar surface area (TPSA) is 37.3 Å². The van der Waals surface area contributed by atoms with Crippen molar-refractivity contribution in [2.24, 2.45) is 5.92 Å². The van der Waals surface area contributed by atoms with Crippen molar-refractivity contribution in [1.29, 1.82) is 0 Å². The van der Waals surface area contributed by atoms with Crippen molar-refractivity contribution in [1.82, 2.24) is 0 Å². The van der Waals surface area contributed by atoms with Crippen molar-refractivity contribution in [2.75, 3.05) is 0 Å². The van der Waals surface area contributed by atoms with Gasteiger partial charge in [0.15, 0.2) is 0 Å². The van der Waals surface area contributed by atoms with Crippen LogP contribution in [0.1, 0.15) is 68.0 Å². The Balaban J connectivity index is 2.32. The fourth-order valence-corrected chi connectivity index (χ4v) is 4.77. The van der Waals surface area contributed by atoms with E-state index in [1.165, 1.54) is 27.8 Å². The molecule has 148 valence electrons. The van der Waals surface area contributed by atoms with E-state index in [2.05, 4.69) is 69.2 Å². The number of carbonyl (C=O) groups is 1. The van der Waals surface area contributed by atoms with Crippen molar-refractivity contribution in [3.8, 4) is 0 Å². The van der Waals surface area contributed by atoms with Crippen molar-refractivity contribution in [3.05, 3.63) is 72.6 Å². The number of ketones is 1. The quantitative estimate of drug-likeness (QED) is 0.554. The Morgan fingerprint density at radius 3 is 1.39 bits per heavy atom. The first-order valence-electron chi connectivity index (χ1n) is 10.1. The third kappa shape index (κ3) is 2.50. The first-order chi connectivity index (χ1) is 12.9. The fraction of sp³-hybridized carbons (Fsp3) is 0.423. The van der Waals surface area contributed by atoms with Gasteiger partial charge in [0.1, 0.15) is 5.76 Å². The molecule has 0 radical (unpaired) electrons. The molecule has 2 aliphatic carbocycles. The van der Waals surface area contributed by atoms with Gasteiger partial charge in [0.2, 0.25) is 5.78 Å². The summed E-state index contributed by atoms with van der Waals surface area (Å²) in [6.45, 7) is 21.0. The summed E-state index contributed by atoms with van der Waals surface area (Å²) in [5, 5.41) is 11.1. The lowest BCUT2D eigenvalue weighted by atomic mass is 9.70. The minimum absolute atomic E-state index is 0.0322. The highest BCUT2D eigenvalue weighted by Crippen LogP contribution is 2.47. The molecule has 1 aromatic rings. The van der Waals surface area contributed by atoms with Crippen molar-refractivity contribution >= 4 is 11.4 Å². The highest BCUT2D eigenvalue weighted by molar-refractivity contribution is 6.40. The van der Waals surface area contributed by atoms with E-state index in [1.807, 2.05) is 0 Å². The zero-order chi connectivity index (χ0) is 21.2. The molecule has 0 saturated heterocycles. The first kappa shape index (κ1) is 20.4. The smallest absolute Gasteiger partial charge is 0.201 e. The summed E-state index contributed by atoms with van der Waals surface area (Å²) in [5.41, 5.74) is 13.4. The van der Waals surface area contributed by atoms with Crippen LogP contribution in [0.15, 0.2) is 39.2 Å². The van der Waals surface area contributed by atoms with Crippen molar-refractivity contribution in [3.63, 3.8) is 0 Å². The SMILES string of the molecule is CC1=C(C)C(C)C(C)=C(C)C1=C1C(=O)C(c2c(C)c(C)c(C)c(C)c2C)=C1O. The van der Waals surface area contributed by atoms with E-state index in [-0.39, 0.29) is 11.5 Å². The lowest BCUT2D eigenvalue weighted by molar-refractivity contribution is -0.111. The van der Waals surface area contributed by atoms with E-state index in [0.717, 1.165) is 33.4 Å². The van der Waals surface area contributed by atoms with Gasteiger partial charge in [-0.05, 0) is 118 Å². The number of aliphatic hydroxyl groups excluding tert-OH is 1. The van der Waals surface area contributed by atoms with Gasteiger partial charge in [-0.15, -0.1) is 0 Å². The molecule has 0 spiro atoms. The molecule has 2 heteroatoms. The maximum Gasteiger partial charge on any atom is 0.201 e. The van der Waals surface area contributed by atoms with Crippen LogP contribution in [-0.2, 0) is 4.79 Å². The second kappa shape index (κ2) is 6.62. The summed E-state index contributed by atoms with van der Waals surface area (Å²) < 4.78 is 0. The van der Waals surface area contributed by atoms with Gasteiger partial charge in [-0.25, -0.2) is 0 Å². The predicted octanol–water partition coefficient (Wildman–Crippen LogP) is 6.70. The molecule has 2 aliphatic rings. The highest BCUT2D eigenvalue weighted by Gasteiger charge is 2.40. The van der Waals surface area contributed by atoms with E-state index in [9.17, 15) is 9.90 Å². The van der Waals surface area contributed by atoms with Gasteiger partial charge < -0.3 is 5.11 Å². The molecule has 0 fully saturated rings. The Morgan fingerprint density at radius 1 is 0.607 bits per heavy atom. The molecule has 3 rings (SSSR count). The Bertz CT molecular complexity index is 1010. The Labute approximate surface area is 169 Å². The van der Waals surface area contributed by atoms with Gasteiger partial charge in [0.05, 0.1) is 11.1 Å². The standard InChI is InChI=1S/C26H32O2/c1-11-13(3)17(7)21(18(8)14(11)4)23-25(27)24(26(23)28)22-19(9)15(5)12(2)16(6)20(22)10/h11,27H,1-10H3. The number of allylic oxidation sites excluding steroid dienone is 7. The van der Waals surface area contributed by atoms with Gasteiger partial charge in [-0.3, -0.25) is 4.79 Å². The number of aliphatic hydroxyl groups is 1. The zero-order valence-corrected chi connectivity index (χ0v) is 18.9. The molecule has 2 nitrogen and oxygen atoms in total. The lowest BCUT2D eigenvalue weighted by Crippen LogP contribution is -2.27. The van der Waals surface area contributed by atoms with Crippen LogP contribution in [-0.4, -0.2) is 10.9 Å². The molecule has 1 aromatic carbocycles. The van der Waals surface area contributed by atoms with Crippen LogP contribution >= 0.6 is 0 Å². The van der Waals surface area contributed by atoms with E-state index in [4.69, 9.17) is 0 Å². The molecular weight excluding hydrogens is 344 g/mol. The van der Waals surface area contributed by atoms with Crippen LogP contribution in [0.4, 0.5) is 0 Å². The minimum Gasteiger partial charge on any atom is -0.506 e. The summed E-state index contributed by atoms with van der Waals surface area (Å²) in [6.07, 6.45) is 0. The Morgan fingerprint density at radius 2 is 1.00 bits per heavy atom. The van der Waals surface area contributed by atoms with Crippen LogP contribution in [0, 0.1) is 40.5 Å². The third-order valence-electron chi connectivity index (χ3n) is 7.66. The van der Waals surface area contributed by atoms with Gasteiger partial charge in [-0.1, -0.05) is 18.1 Å². The fourth-order valence-electron chi connectivity index (χ4n) is 4.77. The lowest BCUT2D eigenvalue weighted by Gasteiger charge is -2.33. The first-order valence-corrected chi connectivity index (χ1v) is 10.1. The maximum absolute atomic E-state index is 13.3. The van der Waals surface area contributed by atoms with Gasteiger partial charge in [-0.2, -0.15) is 0 Å². The molecule has 0 bridgehead atoms. The summed E-state index contributed by atoms with van der Waals surface area (Å²) in [7, 11) is 0. The van der Waals surface area contributed by atoms with E-state index >= 15 is 0 Å². The third-order valence-corrected chi connectivity index (χ3v) is 7.66. The molecule has 0 aromatic heterocycles. The van der Waals surface area contributed by atoms with Crippen molar-refractivity contribution < 1.29 is 9.90 Å². The normalized spacial score (nSPS) is 20.5. The van der Waals surface area contributed by atoms with Gasteiger partial charge in [0.25, 0.3) is 0 Å². The molecule has 0 atom stereocenters. The summed E-state index contributed by atoms with van der Waals surface area (Å²) in [4.78, 5) is 13.3. The molecule has 0 heterocycles. The zero-order valence-electron chi connectivity index (χ0n) is 18.9. The summed E-state index contributed by atoms with van der Waals surface area (Å²) in [6, 6.07) is 0. The minimum atomic E-state index is -0.0322. The monoisotopic (exact) mass is 376 g/mol. The molecule has 28 heavy (non-hydrogen) atoms. The van der Waals surface area contributed by atoms with Gasteiger partial charge in [0, 0.05) is 0 Å². The summed E-state index contributed by atoms with van der Waals surface area (Å²) in [5.74, 6) is 0.495. The van der Waals surface area contributed by atoms with E-state index < -0.39 is 0 Å². The number of benzene rings is 1. The number of carbonyl (C=O) groups excluding carboxylic acids is 1. The molecule has 1 N–H and O–H groups in total. The molecule has 0 aliphatic heterocycles. The number of hydrogen-bond donors (Lipinski definition) is 1.